The van der Waals surface area contributed by atoms with Crippen LogP contribution in [0.3, 0.4) is 0 Å². The zero-order valence-electron chi connectivity index (χ0n) is 22.0. The summed E-state index contributed by atoms with van der Waals surface area (Å²) in [6.45, 7) is 7.81. The first-order chi connectivity index (χ1) is 17.5. The van der Waals surface area contributed by atoms with Crippen LogP contribution in [-0.4, -0.2) is 27.6 Å². The number of aromatic nitrogens is 2. The summed E-state index contributed by atoms with van der Waals surface area (Å²) in [6, 6.07) is 9.09. The number of halogens is 2. The molecule has 7 heteroatoms. The lowest BCUT2D eigenvalue weighted by atomic mass is 9.87. The molecule has 1 aromatic heterocycles. The highest BCUT2D eigenvalue weighted by atomic mass is 35.5. The topological polar surface area (TPSA) is 72.0 Å². The number of Topliss-reactive ketones (excluding diaryl/α,β-unsaturated/α-hetero) is 2. The van der Waals surface area contributed by atoms with E-state index in [0.717, 1.165) is 30.0 Å². The number of anilines is 1. The summed E-state index contributed by atoms with van der Waals surface area (Å²) in [5.74, 6) is 0.477. The second-order valence-corrected chi connectivity index (χ2v) is 11.7. The number of rotatable bonds is 8. The van der Waals surface area contributed by atoms with Gasteiger partial charge in [-0.25, -0.2) is 14.4 Å². The van der Waals surface area contributed by atoms with Crippen LogP contribution in [-0.2, 0) is 17.6 Å². The van der Waals surface area contributed by atoms with Crippen molar-refractivity contribution in [3.05, 3.63) is 64.2 Å². The van der Waals surface area contributed by atoms with Crippen LogP contribution in [0.5, 0.6) is 0 Å². The smallest absolute Gasteiger partial charge is 0.171 e. The van der Waals surface area contributed by atoms with Crippen LogP contribution in [0.1, 0.15) is 81.3 Å². The van der Waals surface area contributed by atoms with Crippen molar-refractivity contribution in [2.45, 2.75) is 78.7 Å². The molecule has 0 amide bonds. The van der Waals surface area contributed by atoms with Crippen LogP contribution in [0.15, 0.2) is 36.7 Å². The van der Waals surface area contributed by atoms with Crippen LogP contribution in [0.2, 0.25) is 5.02 Å². The van der Waals surface area contributed by atoms with Crippen molar-refractivity contribution in [3.8, 4) is 0 Å². The van der Waals surface area contributed by atoms with Gasteiger partial charge in [0.2, 0.25) is 0 Å². The predicted molar refractivity (Wildman–Crippen MR) is 147 cm³/mol. The Morgan fingerprint density at radius 3 is 2.49 bits per heavy atom. The fourth-order valence-corrected chi connectivity index (χ4v) is 5.18. The zero-order valence-corrected chi connectivity index (χ0v) is 22.8. The van der Waals surface area contributed by atoms with Gasteiger partial charge in [0, 0.05) is 29.7 Å². The number of fused-ring (bicyclic) bond motifs is 1. The molecular formula is C30H35ClFN3O2. The standard InChI is InChI=1S/C30H35ClFN3O2/c1-18-8-12-21(13-9-18)35-29-22-7-5-6-20(28(22)33-17-34-29)16-24(36)26-23(31)14-10-19(27(26)32)11-15-25(37)30(2,3)4/h5-7,10,14,17-18,21H,8-9,11-13,15-16H2,1-4H3,(H,33,34,35). The summed E-state index contributed by atoms with van der Waals surface area (Å²) in [5.41, 5.74) is 1.04. The fourth-order valence-electron chi connectivity index (χ4n) is 4.93. The van der Waals surface area contributed by atoms with Crippen molar-refractivity contribution in [1.82, 2.24) is 9.97 Å². The van der Waals surface area contributed by atoms with E-state index in [1.807, 2.05) is 39.0 Å². The van der Waals surface area contributed by atoms with Crippen molar-refractivity contribution >= 4 is 39.9 Å². The van der Waals surface area contributed by atoms with E-state index < -0.39 is 17.0 Å². The summed E-state index contributed by atoms with van der Waals surface area (Å²) in [7, 11) is 0. The van der Waals surface area contributed by atoms with E-state index in [4.69, 9.17) is 11.6 Å². The first-order valence-electron chi connectivity index (χ1n) is 13.1. The summed E-state index contributed by atoms with van der Waals surface area (Å²) in [5, 5.41) is 4.48. The van der Waals surface area contributed by atoms with Gasteiger partial charge in [0.05, 0.1) is 16.1 Å². The van der Waals surface area contributed by atoms with Crippen LogP contribution in [0.4, 0.5) is 10.2 Å². The Hall–Kier alpha value is -2.86. The van der Waals surface area contributed by atoms with E-state index in [1.165, 1.54) is 25.2 Å². The van der Waals surface area contributed by atoms with Gasteiger partial charge in [-0.1, -0.05) is 57.5 Å². The highest BCUT2D eigenvalue weighted by Crippen LogP contribution is 2.30. The number of hydrogen-bond donors (Lipinski definition) is 1. The van der Waals surface area contributed by atoms with Gasteiger partial charge in [0.1, 0.15) is 23.7 Å². The molecule has 3 aromatic rings. The van der Waals surface area contributed by atoms with Gasteiger partial charge < -0.3 is 5.32 Å². The van der Waals surface area contributed by atoms with Gasteiger partial charge in [-0.2, -0.15) is 0 Å². The Labute approximate surface area is 223 Å². The molecule has 5 nitrogen and oxygen atoms in total. The fraction of sp³-hybridized carbons (Fsp3) is 0.467. The van der Waals surface area contributed by atoms with Crippen LogP contribution in [0, 0.1) is 17.2 Å². The number of para-hydroxylation sites is 1. The maximum Gasteiger partial charge on any atom is 0.171 e. The molecule has 1 N–H and O–H groups in total. The SMILES string of the molecule is CC1CCC(Nc2ncnc3c(CC(=O)c4c(Cl)ccc(CCC(=O)C(C)(C)C)c4F)cccc23)CC1. The third kappa shape index (κ3) is 6.35. The van der Waals surface area contributed by atoms with E-state index >= 15 is 4.39 Å². The number of nitrogens with zero attached hydrogens (tertiary/aromatic N) is 2. The van der Waals surface area contributed by atoms with Crippen LogP contribution in [0.25, 0.3) is 10.9 Å². The molecule has 0 bridgehead atoms. The van der Waals surface area contributed by atoms with Gasteiger partial charge in [-0.05, 0) is 61.3 Å². The van der Waals surface area contributed by atoms with Gasteiger partial charge in [-0.15, -0.1) is 0 Å². The molecule has 4 rings (SSSR count). The molecule has 0 unspecified atom stereocenters. The van der Waals surface area contributed by atoms with E-state index in [1.54, 1.807) is 6.07 Å². The summed E-state index contributed by atoms with van der Waals surface area (Å²) in [6.07, 6.45) is 6.45. The highest BCUT2D eigenvalue weighted by molar-refractivity contribution is 6.34. The van der Waals surface area contributed by atoms with Crippen molar-refractivity contribution in [2.75, 3.05) is 5.32 Å². The number of ketones is 2. The van der Waals surface area contributed by atoms with Gasteiger partial charge in [0.25, 0.3) is 0 Å². The number of carbonyl (C=O) groups is 2. The van der Waals surface area contributed by atoms with Gasteiger partial charge in [0.15, 0.2) is 5.78 Å². The minimum atomic E-state index is -0.650. The van der Waals surface area contributed by atoms with Crippen molar-refractivity contribution in [1.29, 1.82) is 0 Å². The van der Waals surface area contributed by atoms with Crippen molar-refractivity contribution < 1.29 is 14.0 Å². The Morgan fingerprint density at radius 1 is 1.05 bits per heavy atom. The molecule has 0 atom stereocenters. The summed E-state index contributed by atoms with van der Waals surface area (Å²) < 4.78 is 15.4. The Kier molecular flexibility index (Phi) is 8.27. The number of carbonyl (C=O) groups excluding carboxylic acids is 2. The second kappa shape index (κ2) is 11.3. The third-order valence-corrected chi connectivity index (χ3v) is 7.68. The van der Waals surface area contributed by atoms with E-state index in [9.17, 15) is 9.59 Å². The predicted octanol–water partition coefficient (Wildman–Crippen LogP) is 7.39. The Morgan fingerprint density at radius 2 is 1.78 bits per heavy atom. The first-order valence-corrected chi connectivity index (χ1v) is 13.4. The number of aryl methyl sites for hydroxylation is 1. The van der Waals surface area contributed by atoms with Crippen LogP contribution >= 0.6 is 11.6 Å². The average molecular weight is 524 g/mol. The number of nitrogens with one attached hydrogen (secondary N) is 1. The first kappa shape index (κ1) is 27.2. The molecule has 1 saturated carbocycles. The van der Waals surface area contributed by atoms with Crippen molar-refractivity contribution in [2.24, 2.45) is 11.3 Å². The monoisotopic (exact) mass is 523 g/mol. The van der Waals surface area contributed by atoms with E-state index in [2.05, 4.69) is 22.2 Å². The molecule has 196 valence electrons. The van der Waals surface area contributed by atoms with E-state index in [0.29, 0.717) is 22.7 Å². The van der Waals surface area contributed by atoms with Crippen molar-refractivity contribution in [3.63, 3.8) is 0 Å². The minimum Gasteiger partial charge on any atom is -0.367 e. The number of hydrogen-bond acceptors (Lipinski definition) is 5. The molecule has 2 aromatic carbocycles. The summed E-state index contributed by atoms with van der Waals surface area (Å²) >= 11 is 6.30. The second-order valence-electron chi connectivity index (χ2n) is 11.3. The highest BCUT2D eigenvalue weighted by Gasteiger charge is 2.24. The lowest BCUT2D eigenvalue weighted by Gasteiger charge is -2.27. The largest absolute Gasteiger partial charge is 0.367 e. The molecule has 1 heterocycles. The van der Waals surface area contributed by atoms with E-state index in [-0.39, 0.29) is 35.6 Å². The molecule has 0 radical (unpaired) electrons. The lowest BCUT2D eigenvalue weighted by Crippen LogP contribution is -2.25. The molecule has 1 aliphatic rings. The zero-order chi connectivity index (χ0) is 26.7. The van der Waals surface area contributed by atoms with Gasteiger partial charge >= 0.3 is 0 Å². The average Bonchev–Trinajstić information content (AvgIpc) is 2.85. The molecule has 0 spiro atoms. The molecule has 37 heavy (non-hydrogen) atoms. The number of benzene rings is 2. The third-order valence-electron chi connectivity index (χ3n) is 7.36. The molecule has 0 aliphatic heterocycles. The Bertz CT molecular complexity index is 1310. The Balaban J connectivity index is 1.56. The molecule has 1 aliphatic carbocycles. The lowest BCUT2D eigenvalue weighted by molar-refractivity contribution is -0.126. The quantitative estimate of drug-likeness (QED) is 0.312. The van der Waals surface area contributed by atoms with Gasteiger partial charge in [-0.3, -0.25) is 9.59 Å². The maximum atomic E-state index is 15.4. The minimum absolute atomic E-state index is 0.0392. The molecule has 0 saturated heterocycles. The molecule has 1 fully saturated rings. The molecular weight excluding hydrogens is 489 g/mol. The van der Waals surface area contributed by atoms with Crippen LogP contribution < -0.4 is 5.32 Å². The maximum absolute atomic E-state index is 15.4. The summed E-state index contributed by atoms with van der Waals surface area (Å²) in [4.78, 5) is 34.6. The normalized spacial score (nSPS) is 18.1.